The molecule has 0 aromatic rings. The first kappa shape index (κ1) is 21.6. The molecule has 3 N–H and O–H groups in total. The molecule has 1 unspecified atom stereocenters. The van der Waals surface area contributed by atoms with E-state index in [1.165, 1.54) is 6.92 Å². The van der Waals surface area contributed by atoms with Crippen LogP contribution in [0.1, 0.15) is 45.4 Å². The van der Waals surface area contributed by atoms with Crippen LogP contribution >= 0.6 is 0 Å². The third-order valence-corrected chi connectivity index (χ3v) is 3.79. The molecule has 26 heavy (non-hydrogen) atoms. The van der Waals surface area contributed by atoms with Crippen molar-refractivity contribution in [2.45, 2.75) is 51.5 Å². The first-order valence-electron chi connectivity index (χ1n) is 8.61. The molecule has 0 radical (unpaired) electrons. The lowest BCUT2D eigenvalue weighted by atomic mass is 10.1. The molecule has 0 spiro atoms. The predicted molar refractivity (Wildman–Crippen MR) is 90.2 cm³/mol. The van der Waals surface area contributed by atoms with Gasteiger partial charge in [-0.1, -0.05) is 0 Å². The van der Waals surface area contributed by atoms with Crippen molar-refractivity contribution in [2.75, 3.05) is 20.1 Å². The number of carbonyl (C=O) groups excluding carboxylic acids is 5. The van der Waals surface area contributed by atoms with Gasteiger partial charge in [-0.3, -0.25) is 19.2 Å². The Kier molecular flexibility index (Phi) is 9.27. The third kappa shape index (κ3) is 7.60. The second-order valence-corrected chi connectivity index (χ2v) is 5.91. The van der Waals surface area contributed by atoms with E-state index in [2.05, 4.69) is 16.0 Å². The molecular weight excluding hydrogens is 344 g/mol. The lowest BCUT2D eigenvalue weighted by molar-refractivity contribution is -0.197. The van der Waals surface area contributed by atoms with Crippen LogP contribution in [0.5, 0.6) is 0 Å². The third-order valence-electron chi connectivity index (χ3n) is 3.79. The number of nitrogens with one attached hydrogen (secondary N) is 3. The SMILES string of the molecule is CNC(CCCCNC(C)=O)C(=O)NCCC(=O)ON1C(=O)CCC1=O. The van der Waals surface area contributed by atoms with E-state index in [-0.39, 0.29) is 37.6 Å². The average Bonchev–Trinajstić information content (AvgIpc) is 2.89. The van der Waals surface area contributed by atoms with Crippen molar-refractivity contribution in [3.05, 3.63) is 0 Å². The van der Waals surface area contributed by atoms with Crippen LogP contribution in [0.3, 0.4) is 0 Å². The molecule has 1 rings (SSSR count). The van der Waals surface area contributed by atoms with Crippen LogP contribution in [0.2, 0.25) is 0 Å². The van der Waals surface area contributed by atoms with Crippen LogP contribution in [-0.2, 0) is 28.8 Å². The zero-order chi connectivity index (χ0) is 19.5. The maximum atomic E-state index is 12.1. The highest BCUT2D eigenvalue weighted by Crippen LogP contribution is 2.12. The van der Waals surface area contributed by atoms with Crippen molar-refractivity contribution in [3.63, 3.8) is 0 Å². The molecule has 10 heteroatoms. The summed E-state index contributed by atoms with van der Waals surface area (Å²) in [5, 5.41) is 8.68. The lowest BCUT2D eigenvalue weighted by Gasteiger charge is -2.16. The van der Waals surface area contributed by atoms with E-state index in [9.17, 15) is 24.0 Å². The summed E-state index contributed by atoms with van der Waals surface area (Å²) >= 11 is 0. The van der Waals surface area contributed by atoms with E-state index in [1.54, 1.807) is 7.05 Å². The number of unbranched alkanes of at least 4 members (excludes halogenated alkanes) is 1. The van der Waals surface area contributed by atoms with Gasteiger partial charge in [0.2, 0.25) is 11.8 Å². The minimum atomic E-state index is -0.759. The molecule has 4 amide bonds. The molecular formula is C16H26N4O6. The Labute approximate surface area is 151 Å². The van der Waals surface area contributed by atoms with Crippen molar-refractivity contribution in [1.29, 1.82) is 0 Å². The Morgan fingerprint density at radius 2 is 1.73 bits per heavy atom. The fraction of sp³-hybridized carbons (Fsp3) is 0.688. The van der Waals surface area contributed by atoms with E-state index < -0.39 is 23.8 Å². The maximum absolute atomic E-state index is 12.1. The quantitative estimate of drug-likeness (QED) is 0.313. The van der Waals surface area contributed by atoms with Gasteiger partial charge in [-0.2, -0.15) is 0 Å². The zero-order valence-corrected chi connectivity index (χ0v) is 15.1. The molecule has 1 saturated heterocycles. The van der Waals surface area contributed by atoms with Gasteiger partial charge in [0.15, 0.2) is 0 Å². The molecule has 1 aliphatic heterocycles. The number of nitrogens with zero attached hydrogens (tertiary/aromatic N) is 1. The van der Waals surface area contributed by atoms with E-state index in [0.717, 1.165) is 12.8 Å². The summed E-state index contributed by atoms with van der Waals surface area (Å²) in [5.41, 5.74) is 0. The first-order chi connectivity index (χ1) is 12.3. The van der Waals surface area contributed by atoms with Gasteiger partial charge >= 0.3 is 5.97 Å². The molecule has 0 aromatic carbocycles. The summed E-state index contributed by atoms with van der Waals surface area (Å²) in [6.07, 6.45) is 2.02. The van der Waals surface area contributed by atoms with E-state index in [0.29, 0.717) is 18.0 Å². The van der Waals surface area contributed by atoms with Crippen molar-refractivity contribution >= 4 is 29.6 Å². The van der Waals surface area contributed by atoms with Crippen LogP contribution in [0.15, 0.2) is 0 Å². The van der Waals surface area contributed by atoms with Crippen LogP contribution < -0.4 is 16.0 Å². The van der Waals surface area contributed by atoms with Crippen molar-refractivity contribution in [2.24, 2.45) is 0 Å². The van der Waals surface area contributed by atoms with Crippen LogP contribution in [0.25, 0.3) is 0 Å². The molecule has 1 aliphatic rings. The summed E-state index contributed by atoms with van der Waals surface area (Å²) in [6.45, 7) is 2.05. The molecule has 0 saturated carbocycles. The lowest BCUT2D eigenvalue weighted by Crippen LogP contribution is -2.43. The molecule has 0 bridgehead atoms. The van der Waals surface area contributed by atoms with Gasteiger partial charge < -0.3 is 20.8 Å². The number of hydrogen-bond acceptors (Lipinski definition) is 7. The maximum Gasteiger partial charge on any atom is 0.334 e. The first-order valence-corrected chi connectivity index (χ1v) is 8.61. The summed E-state index contributed by atoms with van der Waals surface area (Å²) in [4.78, 5) is 61.9. The number of hydroxylamine groups is 2. The number of hydrogen-bond donors (Lipinski definition) is 3. The number of imide groups is 1. The predicted octanol–water partition coefficient (Wildman–Crippen LogP) is -1.01. The highest BCUT2D eigenvalue weighted by Gasteiger charge is 2.32. The molecule has 1 heterocycles. The minimum absolute atomic E-state index is 0.0363. The van der Waals surface area contributed by atoms with E-state index in [1.807, 2.05) is 0 Å². The highest BCUT2D eigenvalue weighted by molar-refractivity contribution is 6.01. The topological polar surface area (TPSA) is 134 Å². The average molecular weight is 370 g/mol. The van der Waals surface area contributed by atoms with Crippen LogP contribution in [0.4, 0.5) is 0 Å². The second-order valence-electron chi connectivity index (χ2n) is 5.91. The largest absolute Gasteiger partial charge is 0.356 e. The Balaban J connectivity index is 2.22. The monoisotopic (exact) mass is 370 g/mol. The summed E-state index contributed by atoms with van der Waals surface area (Å²) in [5.74, 6) is -2.18. The van der Waals surface area contributed by atoms with Gasteiger partial charge in [0, 0.05) is 32.9 Å². The highest BCUT2D eigenvalue weighted by atomic mass is 16.7. The fourth-order valence-electron chi connectivity index (χ4n) is 2.36. The van der Waals surface area contributed by atoms with Gasteiger partial charge in [-0.15, -0.1) is 5.06 Å². The normalized spacial score (nSPS) is 14.9. The summed E-state index contributed by atoms with van der Waals surface area (Å²) in [6, 6.07) is -0.412. The molecule has 0 aromatic heterocycles. The number of likely N-dealkylation sites (N-methyl/N-ethyl adjacent to an activating group) is 1. The second kappa shape index (κ2) is 11.2. The number of carbonyl (C=O) groups is 5. The Bertz CT molecular complexity index is 535. The Morgan fingerprint density at radius 1 is 1.08 bits per heavy atom. The smallest absolute Gasteiger partial charge is 0.334 e. The van der Waals surface area contributed by atoms with Crippen molar-refractivity contribution in [3.8, 4) is 0 Å². The van der Waals surface area contributed by atoms with Gasteiger partial charge in [0.25, 0.3) is 11.8 Å². The van der Waals surface area contributed by atoms with Gasteiger partial charge in [0.1, 0.15) is 0 Å². The molecule has 10 nitrogen and oxygen atoms in total. The molecule has 1 atom stereocenters. The van der Waals surface area contributed by atoms with E-state index in [4.69, 9.17) is 4.84 Å². The van der Waals surface area contributed by atoms with Gasteiger partial charge in [-0.05, 0) is 26.3 Å². The number of rotatable bonds is 11. The van der Waals surface area contributed by atoms with Gasteiger partial charge in [-0.25, -0.2) is 4.79 Å². The summed E-state index contributed by atoms with van der Waals surface area (Å²) in [7, 11) is 1.66. The van der Waals surface area contributed by atoms with E-state index >= 15 is 0 Å². The fourth-order valence-corrected chi connectivity index (χ4v) is 2.36. The molecule has 0 aliphatic carbocycles. The van der Waals surface area contributed by atoms with Crippen LogP contribution in [-0.4, -0.2) is 60.8 Å². The zero-order valence-electron chi connectivity index (χ0n) is 15.1. The number of amides is 4. The Morgan fingerprint density at radius 3 is 2.31 bits per heavy atom. The van der Waals surface area contributed by atoms with Crippen molar-refractivity contribution < 1.29 is 28.8 Å². The van der Waals surface area contributed by atoms with Gasteiger partial charge in [0.05, 0.1) is 12.5 Å². The Hall–Kier alpha value is -2.49. The summed E-state index contributed by atoms with van der Waals surface area (Å²) < 4.78 is 0. The van der Waals surface area contributed by atoms with Crippen LogP contribution in [0, 0.1) is 0 Å². The molecule has 146 valence electrons. The molecule has 1 fully saturated rings. The minimum Gasteiger partial charge on any atom is -0.356 e. The standard InChI is InChI=1S/C16H26N4O6/c1-11(21)18-9-4-3-5-12(17-2)16(25)19-10-8-15(24)26-20-13(22)6-7-14(20)23/h12,17H,3-10H2,1-2H3,(H,18,21)(H,19,25). The van der Waals surface area contributed by atoms with Crippen molar-refractivity contribution in [1.82, 2.24) is 21.0 Å².